The Labute approximate surface area is 148 Å². The van der Waals surface area contributed by atoms with E-state index in [1.165, 1.54) is 12.1 Å². The van der Waals surface area contributed by atoms with Crippen LogP contribution in [-0.4, -0.2) is 16.7 Å². The number of rotatable bonds is 4. The van der Waals surface area contributed by atoms with E-state index in [9.17, 15) is 9.18 Å². The van der Waals surface area contributed by atoms with Gasteiger partial charge < -0.3 is 4.84 Å². The highest BCUT2D eigenvalue weighted by Crippen LogP contribution is 2.14. The molecule has 25 heavy (non-hydrogen) atoms. The minimum absolute atomic E-state index is 0.317. The highest BCUT2D eigenvalue weighted by Gasteiger charge is 2.12. The third-order valence-electron chi connectivity index (χ3n) is 3.35. The molecule has 0 amide bonds. The van der Waals surface area contributed by atoms with Crippen molar-refractivity contribution in [2.75, 3.05) is 0 Å². The number of halogens is 2. The fourth-order valence-electron chi connectivity index (χ4n) is 2.11. The van der Waals surface area contributed by atoms with Crippen molar-refractivity contribution in [3.05, 3.63) is 101 Å². The van der Waals surface area contributed by atoms with Crippen LogP contribution in [0.4, 0.5) is 4.39 Å². The summed E-state index contributed by atoms with van der Waals surface area (Å²) in [6.07, 6.45) is 3.20. The Kier molecular flexibility index (Phi) is 5.16. The summed E-state index contributed by atoms with van der Waals surface area (Å²) in [4.78, 5) is 21.2. The summed E-state index contributed by atoms with van der Waals surface area (Å²) in [5.74, 6) is -0.993. The molecule has 0 aliphatic heterocycles. The number of benzene rings is 2. The summed E-state index contributed by atoms with van der Waals surface area (Å²) in [7, 11) is 0. The number of hydrogen-bond donors (Lipinski definition) is 0. The Hall–Kier alpha value is -3.05. The maximum Gasteiger partial charge on any atom is 0.365 e. The van der Waals surface area contributed by atoms with Crippen LogP contribution < -0.4 is 0 Å². The van der Waals surface area contributed by atoms with Crippen LogP contribution in [0, 0.1) is 5.82 Å². The number of carbonyl (C=O) groups is 1. The van der Waals surface area contributed by atoms with E-state index < -0.39 is 5.97 Å². The first kappa shape index (κ1) is 16.8. The number of oxime groups is 1. The standard InChI is InChI=1S/C19H12ClFN2O2/c20-16-7-3-14(4-8-16)19(24)25-23-18(15-2-1-11-22-12-15)13-5-9-17(21)10-6-13/h1-12H/b23-18+. The predicted molar refractivity (Wildman–Crippen MR) is 93.1 cm³/mol. The Morgan fingerprint density at radius 3 is 2.28 bits per heavy atom. The average molecular weight is 355 g/mol. The topological polar surface area (TPSA) is 51.5 Å². The average Bonchev–Trinajstić information content (AvgIpc) is 2.64. The zero-order valence-corrected chi connectivity index (χ0v) is 13.7. The van der Waals surface area contributed by atoms with Gasteiger partial charge in [-0.3, -0.25) is 4.98 Å². The lowest BCUT2D eigenvalue weighted by atomic mass is 10.0. The van der Waals surface area contributed by atoms with Crippen LogP contribution in [0.2, 0.25) is 5.02 Å². The minimum atomic E-state index is -0.625. The molecule has 0 radical (unpaired) electrons. The quantitative estimate of drug-likeness (QED) is 0.394. The van der Waals surface area contributed by atoms with Gasteiger partial charge >= 0.3 is 5.97 Å². The van der Waals surface area contributed by atoms with Crippen LogP contribution in [0.3, 0.4) is 0 Å². The minimum Gasteiger partial charge on any atom is -0.312 e. The molecule has 0 saturated heterocycles. The summed E-state index contributed by atoms with van der Waals surface area (Å²) in [5, 5.41) is 4.48. The van der Waals surface area contributed by atoms with Crippen molar-refractivity contribution in [3.8, 4) is 0 Å². The lowest BCUT2D eigenvalue weighted by Gasteiger charge is -2.06. The Bertz CT molecular complexity index is 895. The fourth-order valence-corrected chi connectivity index (χ4v) is 2.23. The van der Waals surface area contributed by atoms with Crippen LogP contribution >= 0.6 is 11.6 Å². The molecule has 124 valence electrons. The van der Waals surface area contributed by atoms with Gasteiger partial charge in [0.15, 0.2) is 0 Å². The fraction of sp³-hybridized carbons (Fsp3) is 0. The zero-order chi connectivity index (χ0) is 17.6. The first-order valence-electron chi connectivity index (χ1n) is 7.35. The number of carbonyl (C=O) groups excluding carboxylic acids is 1. The van der Waals surface area contributed by atoms with Crippen molar-refractivity contribution < 1.29 is 14.0 Å². The molecule has 3 aromatic rings. The molecular formula is C19H12ClFN2O2. The Balaban J connectivity index is 1.91. The molecule has 4 nitrogen and oxygen atoms in total. The lowest BCUT2D eigenvalue weighted by Crippen LogP contribution is -2.08. The van der Waals surface area contributed by atoms with Gasteiger partial charge in [-0.05, 0) is 60.7 Å². The number of aromatic nitrogens is 1. The van der Waals surface area contributed by atoms with E-state index >= 15 is 0 Å². The maximum atomic E-state index is 13.2. The lowest BCUT2D eigenvalue weighted by molar-refractivity contribution is 0.0517. The van der Waals surface area contributed by atoms with Gasteiger partial charge in [-0.2, -0.15) is 0 Å². The number of nitrogens with zero attached hydrogens (tertiary/aromatic N) is 2. The summed E-state index contributed by atoms with van der Waals surface area (Å²) in [6.45, 7) is 0. The highest BCUT2D eigenvalue weighted by molar-refractivity contribution is 6.30. The second-order valence-electron chi connectivity index (χ2n) is 5.07. The summed E-state index contributed by atoms with van der Waals surface area (Å²) in [5.41, 5.74) is 1.92. The van der Waals surface area contributed by atoms with Crippen LogP contribution in [0.25, 0.3) is 0 Å². The monoisotopic (exact) mass is 354 g/mol. The van der Waals surface area contributed by atoms with E-state index in [1.54, 1.807) is 60.9 Å². The molecule has 0 aliphatic rings. The molecule has 0 fully saturated rings. The van der Waals surface area contributed by atoms with E-state index in [-0.39, 0.29) is 5.82 Å². The van der Waals surface area contributed by atoms with Gasteiger partial charge in [-0.15, -0.1) is 0 Å². The molecular weight excluding hydrogens is 343 g/mol. The number of hydrogen-bond acceptors (Lipinski definition) is 4. The molecule has 0 aliphatic carbocycles. The predicted octanol–water partition coefficient (Wildman–Crippen LogP) is 4.48. The van der Waals surface area contributed by atoms with Crippen LogP contribution in [0.1, 0.15) is 21.5 Å². The normalized spacial score (nSPS) is 11.2. The molecule has 2 aromatic carbocycles. The van der Waals surface area contributed by atoms with Crippen LogP contribution in [0.15, 0.2) is 78.2 Å². The van der Waals surface area contributed by atoms with Crippen molar-refractivity contribution in [2.24, 2.45) is 5.16 Å². The SMILES string of the molecule is O=C(O/N=C(\c1ccc(F)cc1)c1cccnc1)c1ccc(Cl)cc1. The number of pyridine rings is 1. The van der Waals surface area contributed by atoms with Gasteiger partial charge in [0.1, 0.15) is 11.5 Å². The largest absolute Gasteiger partial charge is 0.365 e. The second kappa shape index (κ2) is 7.68. The first-order chi connectivity index (χ1) is 12.1. The molecule has 0 bridgehead atoms. The summed E-state index contributed by atoms with van der Waals surface area (Å²) in [6, 6.07) is 15.5. The maximum absolute atomic E-state index is 13.2. The third-order valence-corrected chi connectivity index (χ3v) is 3.60. The van der Waals surface area contributed by atoms with Gasteiger partial charge in [0.05, 0.1) is 5.56 Å². The van der Waals surface area contributed by atoms with Crippen molar-refractivity contribution in [2.45, 2.75) is 0 Å². The van der Waals surface area contributed by atoms with Crippen molar-refractivity contribution in [1.29, 1.82) is 0 Å². The molecule has 3 rings (SSSR count). The molecule has 0 unspecified atom stereocenters. The van der Waals surface area contributed by atoms with Gasteiger partial charge in [-0.25, -0.2) is 9.18 Å². The van der Waals surface area contributed by atoms with E-state index in [4.69, 9.17) is 16.4 Å². The van der Waals surface area contributed by atoms with Crippen molar-refractivity contribution >= 4 is 23.3 Å². The van der Waals surface area contributed by atoms with Crippen molar-refractivity contribution in [1.82, 2.24) is 4.98 Å². The van der Waals surface area contributed by atoms with Crippen molar-refractivity contribution in [3.63, 3.8) is 0 Å². The molecule has 1 heterocycles. The Morgan fingerprint density at radius 1 is 0.960 bits per heavy atom. The summed E-state index contributed by atoms with van der Waals surface area (Å²) >= 11 is 5.80. The van der Waals surface area contributed by atoms with E-state index in [2.05, 4.69) is 10.1 Å². The second-order valence-corrected chi connectivity index (χ2v) is 5.51. The van der Waals surface area contributed by atoms with E-state index in [1.807, 2.05) is 0 Å². The van der Waals surface area contributed by atoms with E-state index in [0.717, 1.165) is 0 Å². The zero-order valence-electron chi connectivity index (χ0n) is 12.9. The first-order valence-corrected chi connectivity index (χ1v) is 7.72. The molecule has 6 heteroatoms. The Morgan fingerprint density at radius 2 is 1.64 bits per heavy atom. The molecule has 0 spiro atoms. The van der Waals surface area contributed by atoms with E-state index in [0.29, 0.717) is 27.4 Å². The molecule has 1 aromatic heterocycles. The van der Waals surface area contributed by atoms with Crippen LogP contribution in [-0.2, 0) is 4.84 Å². The van der Waals surface area contributed by atoms with Gasteiger partial charge in [0, 0.05) is 28.5 Å². The van der Waals surface area contributed by atoms with Gasteiger partial charge in [-0.1, -0.05) is 16.8 Å². The molecule has 0 saturated carbocycles. The molecule has 0 atom stereocenters. The smallest absolute Gasteiger partial charge is 0.312 e. The highest BCUT2D eigenvalue weighted by atomic mass is 35.5. The van der Waals surface area contributed by atoms with Crippen LogP contribution in [0.5, 0.6) is 0 Å². The van der Waals surface area contributed by atoms with Gasteiger partial charge in [0.2, 0.25) is 0 Å². The van der Waals surface area contributed by atoms with Gasteiger partial charge in [0.25, 0.3) is 0 Å². The summed E-state index contributed by atoms with van der Waals surface area (Å²) < 4.78 is 13.2. The molecule has 0 N–H and O–H groups in total. The third kappa shape index (κ3) is 4.28.